The van der Waals surface area contributed by atoms with E-state index in [9.17, 15) is 4.79 Å². The number of hydrogen-bond donors (Lipinski definition) is 2. The SMILES string of the molecule is CCCNc1ncc2c3n[nH]cc3c(=O)n(-c3ccccc3)c2n1. The third-order valence-corrected chi connectivity index (χ3v) is 3.86. The Bertz CT molecular complexity index is 1070. The van der Waals surface area contributed by atoms with Gasteiger partial charge in [-0.05, 0) is 18.6 Å². The number of fused-ring (bicyclic) bond motifs is 3. The highest BCUT2D eigenvalue weighted by Crippen LogP contribution is 2.22. The van der Waals surface area contributed by atoms with E-state index in [1.807, 2.05) is 30.3 Å². The molecule has 0 spiro atoms. The first-order valence-corrected chi connectivity index (χ1v) is 7.84. The fourth-order valence-electron chi connectivity index (χ4n) is 2.72. The van der Waals surface area contributed by atoms with E-state index < -0.39 is 0 Å². The molecule has 1 aromatic carbocycles. The number of nitrogens with one attached hydrogen (secondary N) is 2. The Hall–Kier alpha value is -3.22. The molecule has 7 nitrogen and oxygen atoms in total. The second-order valence-corrected chi connectivity index (χ2v) is 5.48. The largest absolute Gasteiger partial charge is 0.354 e. The van der Waals surface area contributed by atoms with Crippen LogP contribution in [-0.4, -0.2) is 31.3 Å². The normalized spacial score (nSPS) is 11.2. The fraction of sp³-hybridized carbons (Fsp3) is 0.176. The number of rotatable bonds is 4. The van der Waals surface area contributed by atoms with E-state index in [0.717, 1.165) is 24.0 Å². The first-order chi connectivity index (χ1) is 11.8. The predicted octanol–water partition coefficient (Wildman–Crippen LogP) is 2.48. The van der Waals surface area contributed by atoms with Crippen LogP contribution >= 0.6 is 0 Å². The molecule has 0 fully saturated rings. The van der Waals surface area contributed by atoms with Crippen LogP contribution in [0.4, 0.5) is 5.95 Å². The number of aromatic amines is 1. The molecule has 0 saturated carbocycles. The van der Waals surface area contributed by atoms with Gasteiger partial charge in [0.1, 0.15) is 5.52 Å². The van der Waals surface area contributed by atoms with Crippen molar-refractivity contribution in [3.63, 3.8) is 0 Å². The van der Waals surface area contributed by atoms with Crippen molar-refractivity contribution in [2.45, 2.75) is 13.3 Å². The molecule has 0 saturated heterocycles. The third kappa shape index (κ3) is 2.21. The third-order valence-electron chi connectivity index (χ3n) is 3.86. The monoisotopic (exact) mass is 320 g/mol. The van der Waals surface area contributed by atoms with Gasteiger partial charge in [0.15, 0.2) is 5.65 Å². The van der Waals surface area contributed by atoms with Crippen LogP contribution in [0.3, 0.4) is 0 Å². The Morgan fingerprint density at radius 1 is 1.21 bits per heavy atom. The lowest BCUT2D eigenvalue weighted by atomic mass is 10.2. The van der Waals surface area contributed by atoms with Gasteiger partial charge in [0.05, 0.1) is 16.5 Å². The quantitative estimate of drug-likeness (QED) is 0.603. The maximum absolute atomic E-state index is 13.0. The molecule has 0 amide bonds. The van der Waals surface area contributed by atoms with Crippen LogP contribution in [0.2, 0.25) is 0 Å². The van der Waals surface area contributed by atoms with Gasteiger partial charge in [-0.3, -0.25) is 14.5 Å². The molecule has 24 heavy (non-hydrogen) atoms. The van der Waals surface area contributed by atoms with E-state index in [-0.39, 0.29) is 5.56 Å². The number of aromatic nitrogens is 5. The van der Waals surface area contributed by atoms with Gasteiger partial charge < -0.3 is 5.32 Å². The van der Waals surface area contributed by atoms with E-state index >= 15 is 0 Å². The van der Waals surface area contributed by atoms with Crippen molar-refractivity contribution in [1.82, 2.24) is 24.7 Å². The van der Waals surface area contributed by atoms with Crippen molar-refractivity contribution in [3.8, 4) is 5.69 Å². The molecule has 0 aliphatic carbocycles. The summed E-state index contributed by atoms with van der Waals surface area (Å²) < 4.78 is 1.60. The number of H-pyrrole nitrogens is 1. The summed E-state index contributed by atoms with van der Waals surface area (Å²) in [5.74, 6) is 0.503. The average Bonchev–Trinajstić information content (AvgIpc) is 3.11. The molecule has 4 rings (SSSR count). The van der Waals surface area contributed by atoms with E-state index in [1.54, 1.807) is 17.0 Å². The molecule has 7 heteroatoms. The zero-order valence-corrected chi connectivity index (χ0v) is 13.2. The molecule has 0 unspecified atom stereocenters. The van der Waals surface area contributed by atoms with E-state index in [0.29, 0.717) is 22.5 Å². The average molecular weight is 320 g/mol. The van der Waals surface area contributed by atoms with Crippen molar-refractivity contribution in [1.29, 1.82) is 0 Å². The molecular formula is C17H16N6O. The summed E-state index contributed by atoms with van der Waals surface area (Å²) in [4.78, 5) is 21.9. The van der Waals surface area contributed by atoms with Gasteiger partial charge in [0, 0.05) is 18.9 Å². The van der Waals surface area contributed by atoms with Gasteiger partial charge in [-0.25, -0.2) is 4.98 Å². The molecule has 4 aromatic rings. The van der Waals surface area contributed by atoms with Crippen LogP contribution in [0.15, 0.2) is 47.5 Å². The molecule has 0 aliphatic heterocycles. The fourth-order valence-corrected chi connectivity index (χ4v) is 2.72. The Morgan fingerprint density at radius 2 is 2.04 bits per heavy atom. The number of benzene rings is 1. The van der Waals surface area contributed by atoms with Crippen LogP contribution in [0.1, 0.15) is 13.3 Å². The summed E-state index contributed by atoms with van der Waals surface area (Å²) in [6.07, 6.45) is 4.29. The Kier molecular flexibility index (Phi) is 3.45. The standard InChI is InChI=1S/C17H16N6O/c1-2-8-18-17-19-9-12-14-13(10-20-22-14)16(24)23(15(12)21-17)11-6-4-3-5-7-11/h3-7,9-10H,2,8H2,1H3,(H,20,22)(H,18,19,21). The zero-order chi connectivity index (χ0) is 16.5. The van der Waals surface area contributed by atoms with Crippen molar-refractivity contribution in [3.05, 3.63) is 53.1 Å². The van der Waals surface area contributed by atoms with Gasteiger partial charge in [0.2, 0.25) is 5.95 Å². The maximum atomic E-state index is 13.0. The van der Waals surface area contributed by atoms with Gasteiger partial charge in [0.25, 0.3) is 5.56 Å². The maximum Gasteiger partial charge on any atom is 0.267 e. The minimum Gasteiger partial charge on any atom is -0.354 e. The van der Waals surface area contributed by atoms with Gasteiger partial charge in [-0.2, -0.15) is 10.1 Å². The number of hydrogen-bond acceptors (Lipinski definition) is 5. The van der Waals surface area contributed by atoms with Crippen LogP contribution < -0.4 is 10.9 Å². The molecule has 2 N–H and O–H groups in total. The Morgan fingerprint density at radius 3 is 2.83 bits per heavy atom. The van der Waals surface area contributed by atoms with Gasteiger partial charge in [-0.1, -0.05) is 25.1 Å². The van der Waals surface area contributed by atoms with Crippen molar-refractivity contribution in [2.24, 2.45) is 0 Å². The number of para-hydroxylation sites is 1. The smallest absolute Gasteiger partial charge is 0.267 e. The summed E-state index contributed by atoms with van der Waals surface area (Å²) in [5, 5.41) is 11.4. The molecule has 3 heterocycles. The highest BCUT2D eigenvalue weighted by atomic mass is 16.1. The lowest BCUT2D eigenvalue weighted by Gasteiger charge is -2.11. The molecule has 0 aliphatic rings. The van der Waals surface area contributed by atoms with Crippen LogP contribution in [0, 0.1) is 0 Å². The van der Waals surface area contributed by atoms with E-state index in [2.05, 4.69) is 32.4 Å². The molecule has 0 radical (unpaired) electrons. The highest BCUT2D eigenvalue weighted by Gasteiger charge is 2.16. The van der Waals surface area contributed by atoms with Crippen molar-refractivity contribution in [2.75, 3.05) is 11.9 Å². The predicted molar refractivity (Wildman–Crippen MR) is 93.6 cm³/mol. The topological polar surface area (TPSA) is 88.5 Å². The van der Waals surface area contributed by atoms with Crippen LogP contribution in [0.25, 0.3) is 27.6 Å². The summed E-state index contributed by atoms with van der Waals surface area (Å²) in [6.45, 7) is 2.84. The lowest BCUT2D eigenvalue weighted by Crippen LogP contribution is -2.20. The number of nitrogens with zero attached hydrogens (tertiary/aromatic N) is 4. The highest BCUT2D eigenvalue weighted by molar-refractivity contribution is 6.02. The second kappa shape index (κ2) is 5.77. The summed E-state index contributed by atoms with van der Waals surface area (Å²) in [5.41, 5.74) is 1.73. The Balaban J connectivity index is 2.09. The zero-order valence-electron chi connectivity index (χ0n) is 13.2. The number of pyridine rings is 1. The summed E-state index contributed by atoms with van der Waals surface area (Å²) >= 11 is 0. The number of anilines is 1. The van der Waals surface area contributed by atoms with Crippen LogP contribution in [-0.2, 0) is 0 Å². The van der Waals surface area contributed by atoms with E-state index in [4.69, 9.17) is 0 Å². The first-order valence-electron chi connectivity index (χ1n) is 7.84. The Labute approximate surface area is 137 Å². The molecule has 0 atom stereocenters. The molecule has 0 bridgehead atoms. The van der Waals surface area contributed by atoms with Crippen molar-refractivity contribution < 1.29 is 0 Å². The van der Waals surface area contributed by atoms with Crippen molar-refractivity contribution >= 4 is 27.9 Å². The molecule has 3 aromatic heterocycles. The van der Waals surface area contributed by atoms with Gasteiger partial charge in [-0.15, -0.1) is 0 Å². The molecular weight excluding hydrogens is 304 g/mol. The molecule has 120 valence electrons. The minimum atomic E-state index is -0.155. The minimum absolute atomic E-state index is 0.155. The summed E-state index contributed by atoms with van der Waals surface area (Å²) in [6, 6.07) is 9.47. The van der Waals surface area contributed by atoms with E-state index in [1.165, 1.54) is 0 Å². The van der Waals surface area contributed by atoms with Crippen LogP contribution in [0.5, 0.6) is 0 Å². The lowest BCUT2D eigenvalue weighted by molar-refractivity contribution is 0.948. The first kappa shape index (κ1) is 14.4. The summed E-state index contributed by atoms with van der Waals surface area (Å²) in [7, 11) is 0. The second-order valence-electron chi connectivity index (χ2n) is 5.48. The van der Waals surface area contributed by atoms with Gasteiger partial charge >= 0.3 is 0 Å².